The van der Waals surface area contributed by atoms with Crippen molar-refractivity contribution in [2.75, 3.05) is 33.4 Å². The molecule has 0 radical (unpaired) electrons. The monoisotopic (exact) mass is 156 g/mol. The zero-order valence-corrected chi connectivity index (χ0v) is 7.05. The third-order valence-corrected chi connectivity index (χ3v) is 2.82. The molecule has 0 spiro atoms. The van der Waals surface area contributed by atoms with Crippen LogP contribution in [0, 0.1) is 0 Å². The lowest BCUT2D eigenvalue weighted by Gasteiger charge is -2.38. The summed E-state index contributed by atoms with van der Waals surface area (Å²) < 4.78 is 5.33. The third-order valence-electron chi connectivity index (χ3n) is 2.82. The molecule has 3 heteroatoms. The van der Waals surface area contributed by atoms with Gasteiger partial charge < -0.3 is 10.1 Å². The maximum Gasteiger partial charge on any atom is 0.0622 e. The second kappa shape index (κ2) is 3.09. The maximum atomic E-state index is 5.33. The zero-order chi connectivity index (χ0) is 7.68. The predicted molar refractivity (Wildman–Crippen MR) is 43.6 cm³/mol. The highest BCUT2D eigenvalue weighted by molar-refractivity contribution is 4.87. The van der Waals surface area contributed by atoms with Gasteiger partial charge in [-0.1, -0.05) is 0 Å². The highest BCUT2D eigenvalue weighted by Gasteiger charge is 2.29. The molecule has 64 valence electrons. The van der Waals surface area contributed by atoms with Crippen molar-refractivity contribution in [2.24, 2.45) is 0 Å². The Labute approximate surface area is 67.7 Å². The summed E-state index contributed by atoms with van der Waals surface area (Å²) in [5.74, 6) is 0. The Morgan fingerprint density at radius 1 is 1.36 bits per heavy atom. The van der Waals surface area contributed by atoms with Gasteiger partial charge >= 0.3 is 0 Å². The van der Waals surface area contributed by atoms with Gasteiger partial charge in [-0.05, 0) is 13.5 Å². The molecule has 2 aliphatic rings. The van der Waals surface area contributed by atoms with E-state index in [9.17, 15) is 0 Å². The summed E-state index contributed by atoms with van der Waals surface area (Å²) in [5.41, 5.74) is 0. The van der Waals surface area contributed by atoms with Gasteiger partial charge in [-0.2, -0.15) is 0 Å². The lowest BCUT2D eigenvalue weighted by atomic mass is 10.1. The van der Waals surface area contributed by atoms with Crippen molar-refractivity contribution in [2.45, 2.75) is 18.5 Å². The average Bonchev–Trinajstić information content (AvgIpc) is 2.32. The van der Waals surface area contributed by atoms with Gasteiger partial charge in [0.1, 0.15) is 0 Å². The minimum atomic E-state index is 0.682. The first-order chi connectivity index (χ1) is 5.38. The number of hydrogen-bond donors (Lipinski definition) is 1. The summed E-state index contributed by atoms with van der Waals surface area (Å²) >= 11 is 0. The normalized spacial score (nSPS) is 32.7. The standard InChI is InChI=1S/C8H16N2O/c1-10(8-4-9-5-8)7-2-3-11-6-7/h7-9H,2-6H2,1H3. The van der Waals surface area contributed by atoms with Gasteiger partial charge in [0, 0.05) is 31.8 Å². The van der Waals surface area contributed by atoms with Crippen LogP contribution in [0.25, 0.3) is 0 Å². The van der Waals surface area contributed by atoms with Gasteiger partial charge in [-0.15, -0.1) is 0 Å². The van der Waals surface area contributed by atoms with Crippen LogP contribution in [0.4, 0.5) is 0 Å². The van der Waals surface area contributed by atoms with E-state index in [2.05, 4.69) is 17.3 Å². The molecule has 0 saturated carbocycles. The van der Waals surface area contributed by atoms with Crippen molar-refractivity contribution in [1.82, 2.24) is 10.2 Å². The molecule has 0 aromatic carbocycles. The van der Waals surface area contributed by atoms with Crippen LogP contribution < -0.4 is 5.32 Å². The minimum Gasteiger partial charge on any atom is -0.380 e. The van der Waals surface area contributed by atoms with Crippen LogP contribution in [0.15, 0.2) is 0 Å². The van der Waals surface area contributed by atoms with Gasteiger partial charge in [0.15, 0.2) is 0 Å². The Balaban J connectivity index is 1.82. The summed E-state index contributed by atoms with van der Waals surface area (Å²) in [5, 5.41) is 3.28. The second-order valence-electron chi connectivity index (χ2n) is 3.49. The number of rotatable bonds is 2. The summed E-state index contributed by atoms with van der Waals surface area (Å²) in [4.78, 5) is 2.46. The molecule has 3 nitrogen and oxygen atoms in total. The fraction of sp³-hybridized carbons (Fsp3) is 1.00. The number of likely N-dealkylation sites (N-methyl/N-ethyl adjacent to an activating group) is 1. The molecule has 2 fully saturated rings. The van der Waals surface area contributed by atoms with E-state index < -0.39 is 0 Å². The summed E-state index contributed by atoms with van der Waals surface area (Å²) in [7, 11) is 2.21. The van der Waals surface area contributed by atoms with Gasteiger partial charge in [-0.25, -0.2) is 0 Å². The summed E-state index contributed by atoms with van der Waals surface area (Å²) in [6.45, 7) is 4.21. The fourth-order valence-corrected chi connectivity index (χ4v) is 1.70. The molecule has 0 aromatic rings. The van der Waals surface area contributed by atoms with Gasteiger partial charge in [0.05, 0.1) is 6.61 Å². The van der Waals surface area contributed by atoms with E-state index in [1.807, 2.05) is 0 Å². The van der Waals surface area contributed by atoms with E-state index in [0.717, 1.165) is 32.3 Å². The SMILES string of the molecule is CN(C1CNC1)C1CCOC1. The van der Waals surface area contributed by atoms with Crippen LogP contribution in [-0.4, -0.2) is 50.3 Å². The number of hydrogen-bond acceptors (Lipinski definition) is 3. The van der Waals surface area contributed by atoms with Crippen molar-refractivity contribution in [3.8, 4) is 0 Å². The van der Waals surface area contributed by atoms with Crippen molar-refractivity contribution in [3.05, 3.63) is 0 Å². The van der Waals surface area contributed by atoms with Crippen LogP contribution in [0.2, 0.25) is 0 Å². The molecule has 1 unspecified atom stereocenters. The molecule has 2 aliphatic heterocycles. The van der Waals surface area contributed by atoms with Crippen molar-refractivity contribution in [3.63, 3.8) is 0 Å². The van der Waals surface area contributed by atoms with Crippen LogP contribution >= 0.6 is 0 Å². The lowest BCUT2D eigenvalue weighted by molar-refractivity contribution is 0.106. The van der Waals surface area contributed by atoms with E-state index in [4.69, 9.17) is 4.74 Å². The molecular formula is C8H16N2O. The Kier molecular flexibility index (Phi) is 2.11. The van der Waals surface area contributed by atoms with Gasteiger partial charge in [-0.3, -0.25) is 4.90 Å². The molecular weight excluding hydrogens is 140 g/mol. The molecule has 1 N–H and O–H groups in total. The smallest absolute Gasteiger partial charge is 0.0622 e. The fourth-order valence-electron chi connectivity index (χ4n) is 1.70. The lowest BCUT2D eigenvalue weighted by Crippen LogP contribution is -2.58. The zero-order valence-electron chi connectivity index (χ0n) is 7.05. The van der Waals surface area contributed by atoms with Crippen LogP contribution in [-0.2, 0) is 4.74 Å². The third kappa shape index (κ3) is 1.41. The first-order valence-corrected chi connectivity index (χ1v) is 4.38. The molecule has 0 bridgehead atoms. The summed E-state index contributed by atoms with van der Waals surface area (Å²) in [6, 6.07) is 1.45. The Morgan fingerprint density at radius 2 is 2.18 bits per heavy atom. The molecule has 1 atom stereocenters. The van der Waals surface area contributed by atoms with Crippen LogP contribution in [0.3, 0.4) is 0 Å². The van der Waals surface area contributed by atoms with Crippen molar-refractivity contribution in [1.29, 1.82) is 0 Å². The van der Waals surface area contributed by atoms with Gasteiger partial charge in [0.2, 0.25) is 0 Å². The van der Waals surface area contributed by atoms with Crippen LogP contribution in [0.1, 0.15) is 6.42 Å². The largest absolute Gasteiger partial charge is 0.380 e. The molecule has 0 aromatic heterocycles. The van der Waals surface area contributed by atoms with E-state index in [1.165, 1.54) is 6.42 Å². The Hall–Kier alpha value is -0.120. The molecule has 0 aliphatic carbocycles. The van der Waals surface area contributed by atoms with Gasteiger partial charge in [0.25, 0.3) is 0 Å². The molecule has 2 rings (SSSR count). The minimum absolute atomic E-state index is 0.682. The summed E-state index contributed by atoms with van der Waals surface area (Å²) in [6.07, 6.45) is 1.22. The first-order valence-electron chi connectivity index (χ1n) is 4.38. The Morgan fingerprint density at radius 3 is 2.64 bits per heavy atom. The first kappa shape index (κ1) is 7.53. The molecule has 0 amide bonds. The highest BCUT2D eigenvalue weighted by Crippen LogP contribution is 2.14. The maximum absolute atomic E-state index is 5.33. The van der Waals surface area contributed by atoms with Crippen molar-refractivity contribution < 1.29 is 4.74 Å². The number of ether oxygens (including phenoxy) is 1. The van der Waals surface area contributed by atoms with E-state index in [-0.39, 0.29) is 0 Å². The van der Waals surface area contributed by atoms with E-state index in [1.54, 1.807) is 0 Å². The van der Waals surface area contributed by atoms with E-state index in [0.29, 0.717) is 6.04 Å². The predicted octanol–water partition coefficient (Wildman–Crippen LogP) is -0.321. The van der Waals surface area contributed by atoms with Crippen molar-refractivity contribution >= 4 is 0 Å². The highest BCUT2D eigenvalue weighted by atomic mass is 16.5. The quantitative estimate of drug-likeness (QED) is 0.593. The molecule has 11 heavy (non-hydrogen) atoms. The Bertz CT molecular complexity index is 130. The number of nitrogens with one attached hydrogen (secondary N) is 1. The molecule has 2 saturated heterocycles. The second-order valence-corrected chi connectivity index (χ2v) is 3.49. The topological polar surface area (TPSA) is 24.5 Å². The van der Waals surface area contributed by atoms with Crippen LogP contribution in [0.5, 0.6) is 0 Å². The molecule has 2 heterocycles. The van der Waals surface area contributed by atoms with E-state index >= 15 is 0 Å². The average molecular weight is 156 g/mol. The number of nitrogens with zero attached hydrogens (tertiary/aromatic N) is 1.